The second-order valence-electron chi connectivity index (χ2n) is 5.05. The van der Waals surface area contributed by atoms with Crippen molar-refractivity contribution in [1.29, 1.82) is 0 Å². The molecule has 25 heavy (non-hydrogen) atoms. The first-order valence-electron chi connectivity index (χ1n) is 7.24. The highest BCUT2D eigenvalue weighted by Crippen LogP contribution is 2.16. The lowest BCUT2D eigenvalue weighted by Crippen LogP contribution is -2.31. The zero-order valence-electron chi connectivity index (χ0n) is 12.8. The van der Waals surface area contributed by atoms with Gasteiger partial charge in [-0.1, -0.05) is 35.9 Å². The number of hydrogen-bond donors (Lipinski definition) is 3. The predicted molar refractivity (Wildman–Crippen MR) is 97.0 cm³/mol. The molecule has 126 valence electrons. The number of nitrogens with zero attached hydrogens (tertiary/aromatic N) is 2. The minimum absolute atomic E-state index is 0.155. The lowest BCUT2D eigenvalue weighted by atomic mass is 10.3. The Balaban J connectivity index is 1.98. The highest BCUT2D eigenvalue weighted by atomic mass is 35.5. The molecule has 0 aliphatic heterocycles. The van der Waals surface area contributed by atoms with Crippen molar-refractivity contribution >= 4 is 23.5 Å². The highest BCUT2D eigenvalue weighted by molar-refractivity contribution is 6.30. The molecule has 3 rings (SSSR count). The van der Waals surface area contributed by atoms with Gasteiger partial charge in [0.25, 0.3) is 5.56 Å². The number of para-hydroxylation sites is 1. The molecule has 1 aromatic heterocycles. The lowest BCUT2D eigenvalue weighted by Gasteiger charge is -2.09. The van der Waals surface area contributed by atoms with Crippen LogP contribution in [-0.2, 0) is 0 Å². The van der Waals surface area contributed by atoms with E-state index in [1.54, 1.807) is 54.6 Å². The molecule has 0 aliphatic rings. The van der Waals surface area contributed by atoms with Crippen molar-refractivity contribution in [1.82, 2.24) is 9.55 Å². The third kappa shape index (κ3) is 3.61. The normalized spacial score (nSPS) is 10.9. The predicted octanol–water partition coefficient (Wildman–Crippen LogP) is 2.33. The first kappa shape index (κ1) is 16.5. The minimum atomic E-state index is -0.744. The molecule has 0 saturated carbocycles. The van der Waals surface area contributed by atoms with E-state index in [0.29, 0.717) is 16.4 Å². The summed E-state index contributed by atoms with van der Waals surface area (Å²) >= 11 is 5.87. The molecule has 8 heteroatoms. The van der Waals surface area contributed by atoms with Gasteiger partial charge in [0.2, 0.25) is 5.88 Å². The Morgan fingerprint density at radius 2 is 1.88 bits per heavy atom. The average Bonchev–Trinajstić information content (AvgIpc) is 2.58. The van der Waals surface area contributed by atoms with Gasteiger partial charge in [-0.2, -0.15) is 5.10 Å². The molecule has 0 spiro atoms. The van der Waals surface area contributed by atoms with Gasteiger partial charge < -0.3 is 5.11 Å². The largest absolute Gasteiger partial charge is 0.493 e. The Bertz CT molecular complexity index is 1040. The van der Waals surface area contributed by atoms with E-state index in [1.165, 1.54) is 0 Å². The van der Waals surface area contributed by atoms with Crippen LogP contribution in [0.5, 0.6) is 5.88 Å². The van der Waals surface area contributed by atoms with Crippen molar-refractivity contribution in [2.45, 2.75) is 0 Å². The van der Waals surface area contributed by atoms with E-state index in [2.05, 4.69) is 15.5 Å². The van der Waals surface area contributed by atoms with Crippen LogP contribution in [0.4, 0.5) is 5.69 Å². The van der Waals surface area contributed by atoms with Crippen molar-refractivity contribution in [3.63, 3.8) is 0 Å². The van der Waals surface area contributed by atoms with Crippen LogP contribution in [0.25, 0.3) is 5.69 Å². The van der Waals surface area contributed by atoms with E-state index >= 15 is 0 Å². The van der Waals surface area contributed by atoms with E-state index in [-0.39, 0.29) is 5.56 Å². The Morgan fingerprint density at radius 1 is 1.12 bits per heavy atom. The van der Waals surface area contributed by atoms with Crippen molar-refractivity contribution in [2.24, 2.45) is 5.10 Å². The summed E-state index contributed by atoms with van der Waals surface area (Å²) in [6.45, 7) is 0. The first-order chi connectivity index (χ1) is 12.1. The van der Waals surface area contributed by atoms with Gasteiger partial charge in [0.1, 0.15) is 5.56 Å². The molecule has 2 aromatic carbocycles. The summed E-state index contributed by atoms with van der Waals surface area (Å²) in [6.07, 6.45) is 1.13. The molecule has 0 atom stereocenters. The molecule has 3 N–H and O–H groups in total. The number of aromatic hydroxyl groups is 1. The summed E-state index contributed by atoms with van der Waals surface area (Å²) in [7, 11) is 0. The Morgan fingerprint density at radius 3 is 2.60 bits per heavy atom. The number of benzene rings is 2. The summed E-state index contributed by atoms with van der Waals surface area (Å²) in [5, 5.41) is 14.8. The van der Waals surface area contributed by atoms with Gasteiger partial charge in [-0.25, -0.2) is 9.36 Å². The maximum absolute atomic E-state index is 12.0. The van der Waals surface area contributed by atoms with Crippen molar-refractivity contribution in [3.8, 4) is 11.6 Å². The van der Waals surface area contributed by atoms with Gasteiger partial charge in [-0.3, -0.25) is 15.2 Å². The molecule has 7 nitrogen and oxygen atoms in total. The number of rotatable bonds is 4. The maximum Gasteiger partial charge on any atom is 0.335 e. The number of H-pyrrole nitrogens is 1. The zero-order valence-corrected chi connectivity index (χ0v) is 13.6. The maximum atomic E-state index is 12.0. The topological polar surface area (TPSA) is 99.5 Å². The molecule has 0 fully saturated rings. The fraction of sp³-hybridized carbons (Fsp3) is 0. The van der Waals surface area contributed by atoms with Gasteiger partial charge in [-0.15, -0.1) is 0 Å². The smallest absolute Gasteiger partial charge is 0.335 e. The van der Waals surface area contributed by atoms with E-state index in [0.717, 1.165) is 10.8 Å². The van der Waals surface area contributed by atoms with E-state index in [9.17, 15) is 14.7 Å². The molecule has 0 bridgehead atoms. The third-order valence-corrected chi connectivity index (χ3v) is 3.58. The van der Waals surface area contributed by atoms with Crippen LogP contribution in [0.1, 0.15) is 5.56 Å². The molecule has 0 radical (unpaired) electrons. The van der Waals surface area contributed by atoms with Crippen LogP contribution < -0.4 is 16.7 Å². The molecule has 0 saturated heterocycles. The number of hydrazone groups is 1. The van der Waals surface area contributed by atoms with Gasteiger partial charge in [0.15, 0.2) is 0 Å². The fourth-order valence-electron chi connectivity index (χ4n) is 2.20. The second kappa shape index (κ2) is 7.06. The molecular weight excluding hydrogens is 344 g/mol. The van der Waals surface area contributed by atoms with Gasteiger partial charge in [-0.05, 0) is 30.3 Å². The van der Waals surface area contributed by atoms with Gasteiger partial charge in [0, 0.05) is 5.02 Å². The third-order valence-electron chi connectivity index (χ3n) is 3.35. The number of halogens is 1. The highest BCUT2D eigenvalue weighted by Gasteiger charge is 2.13. The minimum Gasteiger partial charge on any atom is -0.493 e. The summed E-state index contributed by atoms with van der Waals surface area (Å²) < 4.78 is 0.988. The molecule has 1 heterocycles. The summed E-state index contributed by atoms with van der Waals surface area (Å²) in [5.41, 5.74) is 2.08. The molecule has 0 amide bonds. The first-order valence-corrected chi connectivity index (χ1v) is 7.62. The lowest BCUT2D eigenvalue weighted by molar-refractivity contribution is 0.430. The summed E-state index contributed by atoms with van der Waals surface area (Å²) in [4.78, 5) is 26.1. The molecular formula is C17H13ClN4O3. The Labute approximate surface area is 146 Å². The number of aromatic nitrogens is 2. The van der Waals surface area contributed by atoms with Crippen LogP contribution in [0.15, 0.2) is 69.3 Å². The van der Waals surface area contributed by atoms with Crippen molar-refractivity contribution in [3.05, 3.63) is 86.0 Å². The van der Waals surface area contributed by atoms with Crippen LogP contribution in [-0.4, -0.2) is 20.9 Å². The van der Waals surface area contributed by atoms with E-state index < -0.39 is 17.1 Å². The van der Waals surface area contributed by atoms with E-state index in [1.807, 2.05) is 0 Å². The standard InChI is InChI=1S/C17H13ClN4O3/c18-11-5-4-6-12(9-11)21-19-10-14-15(23)20-17(25)22(16(14)24)13-7-2-1-3-8-13/h1-10,21,24H,(H,20,23,25). The van der Waals surface area contributed by atoms with Crippen LogP contribution in [0.2, 0.25) is 5.02 Å². The number of aromatic amines is 1. The monoisotopic (exact) mass is 356 g/mol. The molecule has 3 aromatic rings. The Kier molecular flexibility index (Phi) is 4.67. The summed E-state index contributed by atoms with van der Waals surface area (Å²) in [5.74, 6) is -0.503. The quantitative estimate of drug-likeness (QED) is 0.493. The van der Waals surface area contributed by atoms with Crippen LogP contribution in [0.3, 0.4) is 0 Å². The van der Waals surface area contributed by atoms with Crippen molar-refractivity contribution in [2.75, 3.05) is 5.43 Å². The molecule has 0 unspecified atom stereocenters. The van der Waals surface area contributed by atoms with Crippen LogP contribution in [0, 0.1) is 0 Å². The van der Waals surface area contributed by atoms with Crippen LogP contribution >= 0.6 is 11.6 Å². The summed E-state index contributed by atoms with van der Waals surface area (Å²) in [6, 6.07) is 15.3. The van der Waals surface area contributed by atoms with Crippen molar-refractivity contribution < 1.29 is 5.11 Å². The fourth-order valence-corrected chi connectivity index (χ4v) is 2.39. The average molecular weight is 357 g/mol. The SMILES string of the molecule is O=c1[nH]c(=O)n(-c2ccccc2)c(O)c1C=NNc1cccc(Cl)c1. The molecule has 0 aliphatic carbocycles. The van der Waals surface area contributed by atoms with Gasteiger partial charge >= 0.3 is 5.69 Å². The number of nitrogens with one attached hydrogen (secondary N) is 2. The Hall–Kier alpha value is -3.32. The number of hydrogen-bond acceptors (Lipinski definition) is 5. The second-order valence-corrected chi connectivity index (χ2v) is 5.48. The zero-order chi connectivity index (χ0) is 17.8. The van der Waals surface area contributed by atoms with E-state index in [4.69, 9.17) is 11.6 Å². The van der Waals surface area contributed by atoms with Gasteiger partial charge in [0.05, 0.1) is 17.6 Å². The number of anilines is 1.